The third-order valence-corrected chi connectivity index (χ3v) is 5.31. The Kier molecular flexibility index (Phi) is 6.50. The first-order valence-corrected chi connectivity index (χ1v) is 10.5. The minimum Gasteiger partial charge on any atom is -0.497 e. The molecule has 164 valence electrons. The number of methoxy groups -OCH3 is 2. The number of nitrogens with one attached hydrogen (secondary N) is 1. The van der Waals surface area contributed by atoms with Crippen molar-refractivity contribution < 1.29 is 19.0 Å². The van der Waals surface area contributed by atoms with Crippen molar-refractivity contribution in [3.05, 3.63) is 64.6 Å². The molecule has 0 unspecified atom stereocenters. The average Bonchev–Trinajstić information content (AvgIpc) is 3.25. The number of fused-ring (bicyclic) bond motifs is 1. The van der Waals surface area contributed by atoms with Gasteiger partial charge in [0.25, 0.3) is 5.91 Å². The van der Waals surface area contributed by atoms with Gasteiger partial charge in [-0.15, -0.1) is 15.3 Å². The molecule has 0 saturated carbocycles. The summed E-state index contributed by atoms with van der Waals surface area (Å²) in [4.78, 5) is 12.4. The first-order chi connectivity index (χ1) is 15.6. The summed E-state index contributed by atoms with van der Waals surface area (Å²) in [6.45, 7) is 0.537. The SMILES string of the molecule is COc1cccc(-c2nnc3ccc(OCCNC(=O)c4cc(OC)ccc4Br)nn23)c1. The van der Waals surface area contributed by atoms with Crippen LogP contribution in [0.3, 0.4) is 0 Å². The Morgan fingerprint density at radius 2 is 1.84 bits per heavy atom. The Morgan fingerprint density at radius 3 is 2.66 bits per heavy atom. The molecule has 0 spiro atoms. The van der Waals surface area contributed by atoms with Crippen LogP contribution in [0.5, 0.6) is 17.4 Å². The number of benzene rings is 2. The van der Waals surface area contributed by atoms with Gasteiger partial charge in [-0.2, -0.15) is 4.52 Å². The number of ether oxygens (including phenoxy) is 3. The van der Waals surface area contributed by atoms with Crippen LogP contribution in [0.1, 0.15) is 10.4 Å². The lowest BCUT2D eigenvalue weighted by Crippen LogP contribution is -2.28. The Bertz CT molecular complexity index is 1260. The number of nitrogens with zero attached hydrogens (tertiary/aromatic N) is 4. The van der Waals surface area contributed by atoms with Gasteiger partial charge in [0.15, 0.2) is 11.5 Å². The Balaban J connectivity index is 1.41. The van der Waals surface area contributed by atoms with Gasteiger partial charge in [-0.05, 0) is 52.3 Å². The molecule has 32 heavy (non-hydrogen) atoms. The van der Waals surface area contributed by atoms with Gasteiger partial charge in [-0.3, -0.25) is 4.79 Å². The highest BCUT2D eigenvalue weighted by Gasteiger charge is 2.13. The molecule has 4 aromatic rings. The molecule has 9 nitrogen and oxygen atoms in total. The smallest absolute Gasteiger partial charge is 0.252 e. The van der Waals surface area contributed by atoms with Crippen LogP contribution < -0.4 is 19.5 Å². The number of halogens is 1. The topological polar surface area (TPSA) is 99.9 Å². The van der Waals surface area contributed by atoms with E-state index >= 15 is 0 Å². The maximum absolute atomic E-state index is 12.4. The molecule has 1 amide bonds. The molecule has 0 aliphatic rings. The third-order valence-electron chi connectivity index (χ3n) is 4.62. The highest BCUT2D eigenvalue weighted by Crippen LogP contribution is 2.24. The number of amides is 1. The first kappa shape index (κ1) is 21.6. The zero-order chi connectivity index (χ0) is 22.5. The molecule has 0 radical (unpaired) electrons. The number of carbonyl (C=O) groups is 1. The second kappa shape index (κ2) is 9.65. The predicted molar refractivity (Wildman–Crippen MR) is 121 cm³/mol. The van der Waals surface area contributed by atoms with Gasteiger partial charge in [-0.25, -0.2) is 0 Å². The van der Waals surface area contributed by atoms with Crippen molar-refractivity contribution in [2.24, 2.45) is 0 Å². The first-order valence-electron chi connectivity index (χ1n) is 9.70. The van der Waals surface area contributed by atoms with E-state index in [0.717, 1.165) is 5.56 Å². The van der Waals surface area contributed by atoms with Crippen LogP contribution in [0.25, 0.3) is 17.0 Å². The largest absolute Gasteiger partial charge is 0.497 e. The van der Waals surface area contributed by atoms with E-state index < -0.39 is 0 Å². The quantitative estimate of drug-likeness (QED) is 0.372. The molecule has 0 fully saturated rings. The lowest BCUT2D eigenvalue weighted by molar-refractivity contribution is 0.0945. The number of hydrogen-bond acceptors (Lipinski definition) is 7. The molecular formula is C22H20BrN5O4. The fourth-order valence-electron chi connectivity index (χ4n) is 3.01. The Labute approximate surface area is 192 Å². The molecule has 2 heterocycles. The standard InChI is InChI=1S/C22H20BrN5O4/c1-30-15-5-3-4-14(12-15)21-26-25-19-8-9-20(27-28(19)21)32-11-10-24-22(29)17-13-16(31-2)6-7-18(17)23/h3-9,12-13H,10-11H2,1-2H3,(H,24,29). The van der Waals surface area contributed by atoms with Crippen molar-refractivity contribution in [2.45, 2.75) is 0 Å². The summed E-state index contributed by atoms with van der Waals surface area (Å²) < 4.78 is 18.5. The molecule has 0 aliphatic carbocycles. The lowest BCUT2D eigenvalue weighted by Gasteiger charge is -2.10. The lowest BCUT2D eigenvalue weighted by atomic mass is 10.2. The highest BCUT2D eigenvalue weighted by molar-refractivity contribution is 9.10. The van der Waals surface area contributed by atoms with Crippen molar-refractivity contribution in [1.82, 2.24) is 25.1 Å². The minimum absolute atomic E-state index is 0.234. The summed E-state index contributed by atoms with van der Waals surface area (Å²) in [7, 11) is 3.16. The van der Waals surface area contributed by atoms with Gasteiger partial charge in [0.1, 0.15) is 18.1 Å². The molecule has 2 aromatic heterocycles. The fourth-order valence-corrected chi connectivity index (χ4v) is 3.44. The summed E-state index contributed by atoms with van der Waals surface area (Å²) in [5, 5.41) is 15.7. The van der Waals surface area contributed by atoms with Crippen LogP contribution in [-0.4, -0.2) is 53.1 Å². The van der Waals surface area contributed by atoms with Gasteiger partial charge >= 0.3 is 0 Å². The summed E-state index contributed by atoms with van der Waals surface area (Å²) in [6.07, 6.45) is 0. The van der Waals surface area contributed by atoms with Gasteiger partial charge < -0.3 is 19.5 Å². The van der Waals surface area contributed by atoms with Crippen LogP contribution >= 0.6 is 15.9 Å². The average molecular weight is 498 g/mol. The van der Waals surface area contributed by atoms with E-state index in [2.05, 4.69) is 36.5 Å². The van der Waals surface area contributed by atoms with Gasteiger partial charge in [0, 0.05) is 16.1 Å². The van der Waals surface area contributed by atoms with Crippen LogP contribution in [0.4, 0.5) is 0 Å². The van der Waals surface area contributed by atoms with E-state index in [-0.39, 0.29) is 12.5 Å². The third kappa shape index (κ3) is 4.65. The molecule has 0 atom stereocenters. The normalized spacial score (nSPS) is 10.7. The van der Waals surface area contributed by atoms with E-state index in [1.807, 2.05) is 24.3 Å². The Morgan fingerprint density at radius 1 is 1.03 bits per heavy atom. The van der Waals surface area contributed by atoms with E-state index in [4.69, 9.17) is 14.2 Å². The Hall–Kier alpha value is -3.66. The fraction of sp³-hybridized carbons (Fsp3) is 0.182. The molecule has 0 bridgehead atoms. The number of hydrogen-bond donors (Lipinski definition) is 1. The summed E-state index contributed by atoms with van der Waals surface area (Å²) in [5.74, 6) is 2.04. The molecule has 10 heteroatoms. The zero-order valence-electron chi connectivity index (χ0n) is 17.4. The van der Waals surface area contributed by atoms with Crippen molar-refractivity contribution in [2.75, 3.05) is 27.4 Å². The molecule has 1 N–H and O–H groups in total. The summed E-state index contributed by atoms with van der Waals surface area (Å²) in [5.41, 5.74) is 1.89. The number of carbonyl (C=O) groups excluding carboxylic acids is 1. The maximum atomic E-state index is 12.4. The van der Waals surface area contributed by atoms with Gasteiger partial charge in [0.2, 0.25) is 5.88 Å². The van der Waals surface area contributed by atoms with Crippen LogP contribution in [0, 0.1) is 0 Å². The zero-order valence-corrected chi connectivity index (χ0v) is 19.0. The number of rotatable bonds is 8. The molecule has 4 rings (SSSR count). The summed E-state index contributed by atoms with van der Waals surface area (Å²) >= 11 is 3.38. The monoisotopic (exact) mass is 497 g/mol. The van der Waals surface area contributed by atoms with E-state index in [1.165, 1.54) is 0 Å². The van der Waals surface area contributed by atoms with E-state index in [1.54, 1.807) is 49.1 Å². The van der Waals surface area contributed by atoms with Crippen molar-refractivity contribution in [3.8, 4) is 28.8 Å². The van der Waals surface area contributed by atoms with Crippen LogP contribution in [0.15, 0.2) is 59.1 Å². The second-order valence-corrected chi connectivity index (χ2v) is 7.50. The van der Waals surface area contributed by atoms with Crippen molar-refractivity contribution in [1.29, 1.82) is 0 Å². The molecule has 0 saturated heterocycles. The number of aromatic nitrogens is 4. The van der Waals surface area contributed by atoms with E-state index in [0.29, 0.717) is 45.4 Å². The van der Waals surface area contributed by atoms with Crippen molar-refractivity contribution in [3.63, 3.8) is 0 Å². The molecule has 2 aromatic carbocycles. The van der Waals surface area contributed by atoms with Gasteiger partial charge in [-0.1, -0.05) is 12.1 Å². The van der Waals surface area contributed by atoms with Crippen molar-refractivity contribution >= 4 is 27.5 Å². The highest BCUT2D eigenvalue weighted by atomic mass is 79.9. The molecule has 0 aliphatic heterocycles. The molecular weight excluding hydrogens is 478 g/mol. The van der Waals surface area contributed by atoms with Crippen LogP contribution in [0.2, 0.25) is 0 Å². The summed E-state index contributed by atoms with van der Waals surface area (Å²) in [6, 6.07) is 16.2. The predicted octanol–water partition coefficient (Wildman–Crippen LogP) is 3.38. The maximum Gasteiger partial charge on any atom is 0.252 e. The minimum atomic E-state index is -0.234. The van der Waals surface area contributed by atoms with Crippen LogP contribution in [-0.2, 0) is 0 Å². The second-order valence-electron chi connectivity index (χ2n) is 6.65. The van der Waals surface area contributed by atoms with E-state index in [9.17, 15) is 4.79 Å². The van der Waals surface area contributed by atoms with Gasteiger partial charge in [0.05, 0.1) is 26.3 Å².